The lowest BCUT2D eigenvalue weighted by Crippen LogP contribution is -2.30. The van der Waals surface area contributed by atoms with Crippen LogP contribution in [0, 0.1) is 10.8 Å². The molecule has 0 spiro atoms. The Kier molecular flexibility index (Phi) is 3.17. The Hall–Kier alpha value is -1.23. The highest BCUT2D eigenvalue weighted by molar-refractivity contribution is 9.10. The molecule has 0 aliphatic heterocycles. The summed E-state index contributed by atoms with van der Waals surface area (Å²) in [5.41, 5.74) is 3.13. The van der Waals surface area contributed by atoms with Crippen LogP contribution in [0.4, 0.5) is 0 Å². The first-order valence-corrected chi connectivity index (χ1v) is 7.48. The van der Waals surface area contributed by atoms with E-state index >= 15 is 0 Å². The van der Waals surface area contributed by atoms with Crippen LogP contribution in [0.15, 0.2) is 17.0 Å². The van der Waals surface area contributed by atoms with E-state index in [-0.39, 0.29) is 5.41 Å². The van der Waals surface area contributed by atoms with E-state index in [0.717, 1.165) is 29.6 Å². The summed E-state index contributed by atoms with van der Waals surface area (Å²) in [6, 6.07) is 0. The maximum Gasteiger partial charge on any atom is 0.156 e. The van der Waals surface area contributed by atoms with Gasteiger partial charge in [0.25, 0.3) is 0 Å². The normalized spacial score (nSPS) is 18.6. The first-order chi connectivity index (χ1) is 9.10. The fraction of sp³-hybridized carbons (Fsp3) is 0.500. The summed E-state index contributed by atoms with van der Waals surface area (Å²) in [6.07, 6.45) is 9.48. The lowest BCUT2D eigenvalue weighted by atomic mass is 9.71. The molecule has 2 N–H and O–H groups in total. The lowest BCUT2D eigenvalue weighted by Gasteiger charge is -2.34. The second-order valence-electron chi connectivity index (χ2n) is 5.59. The number of nitrogens with zero attached hydrogens (tertiary/aromatic N) is 2. The Bertz CT molecular complexity index is 625. The molecular weight excluding hydrogens is 304 g/mol. The van der Waals surface area contributed by atoms with Gasteiger partial charge in [-0.05, 0) is 28.8 Å². The lowest BCUT2D eigenvalue weighted by molar-refractivity contribution is 0.311. The molecule has 0 bridgehead atoms. The first-order valence-electron chi connectivity index (χ1n) is 6.69. The van der Waals surface area contributed by atoms with Gasteiger partial charge in [0, 0.05) is 22.9 Å². The van der Waals surface area contributed by atoms with Gasteiger partial charge in [-0.2, -0.15) is 0 Å². The first kappa shape index (κ1) is 12.8. The fourth-order valence-corrected chi connectivity index (χ4v) is 3.25. The molecule has 0 radical (unpaired) electrons. The highest BCUT2D eigenvalue weighted by atomic mass is 79.9. The Morgan fingerprint density at radius 2 is 2.11 bits per heavy atom. The van der Waals surface area contributed by atoms with Crippen LogP contribution in [0.25, 0.3) is 11.2 Å². The van der Waals surface area contributed by atoms with E-state index < -0.39 is 0 Å². The van der Waals surface area contributed by atoms with Gasteiger partial charge < -0.3 is 10.4 Å². The third-order valence-corrected chi connectivity index (χ3v) is 4.56. The SMILES string of the molecule is CC1(C(=N)c2c[nH]c3ncc(Br)nc23)CCCCC1. The van der Waals surface area contributed by atoms with E-state index in [1.165, 1.54) is 19.3 Å². The largest absolute Gasteiger partial charge is 0.344 e. The average Bonchev–Trinajstić information content (AvgIpc) is 2.81. The third-order valence-electron chi connectivity index (χ3n) is 4.18. The summed E-state index contributed by atoms with van der Waals surface area (Å²) in [7, 11) is 0. The number of rotatable bonds is 2. The van der Waals surface area contributed by atoms with Crippen molar-refractivity contribution in [2.24, 2.45) is 5.41 Å². The summed E-state index contributed by atoms with van der Waals surface area (Å²) in [5.74, 6) is 0. The van der Waals surface area contributed by atoms with Gasteiger partial charge in [0.2, 0.25) is 0 Å². The van der Waals surface area contributed by atoms with E-state index in [0.29, 0.717) is 10.3 Å². The second kappa shape index (κ2) is 4.71. The van der Waals surface area contributed by atoms with Crippen LogP contribution in [0.1, 0.15) is 44.6 Å². The van der Waals surface area contributed by atoms with E-state index in [9.17, 15) is 0 Å². The van der Waals surface area contributed by atoms with E-state index in [1.54, 1.807) is 6.20 Å². The van der Waals surface area contributed by atoms with Crippen LogP contribution < -0.4 is 0 Å². The Labute approximate surface area is 120 Å². The minimum atomic E-state index is -0.0165. The number of aromatic nitrogens is 3. The molecule has 0 atom stereocenters. The van der Waals surface area contributed by atoms with Gasteiger partial charge in [0.1, 0.15) is 10.1 Å². The molecule has 2 heterocycles. The van der Waals surface area contributed by atoms with Crippen LogP contribution >= 0.6 is 15.9 Å². The van der Waals surface area contributed by atoms with Crippen molar-refractivity contribution >= 4 is 32.8 Å². The number of hydrogen-bond acceptors (Lipinski definition) is 3. The van der Waals surface area contributed by atoms with Crippen molar-refractivity contribution in [2.75, 3.05) is 0 Å². The van der Waals surface area contributed by atoms with Crippen molar-refractivity contribution in [1.29, 1.82) is 5.41 Å². The fourth-order valence-electron chi connectivity index (χ4n) is 2.97. The van der Waals surface area contributed by atoms with E-state index in [2.05, 4.69) is 37.8 Å². The highest BCUT2D eigenvalue weighted by Gasteiger charge is 2.33. The van der Waals surface area contributed by atoms with Crippen molar-refractivity contribution < 1.29 is 0 Å². The molecule has 5 heteroatoms. The van der Waals surface area contributed by atoms with Crippen molar-refractivity contribution in [3.8, 4) is 0 Å². The summed E-state index contributed by atoms with van der Waals surface area (Å²) in [6.45, 7) is 2.21. The molecule has 0 aromatic carbocycles. The number of aromatic amines is 1. The molecule has 0 amide bonds. The Morgan fingerprint density at radius 3 is 2.84 bits per heavy atom. The van der Waals surface area contributed by atoms with Crippen LogP contribution in [-0.2, 0) is 0 Å². The van der Waals surface area contributed by atoms with Gasteiger partial charge >= 0.3 is 0 Å². The molecule has 2 aromatic rings. The average molecular weight is 321 g/mol. The third kappa shape index (κ3) is 2.20. The monoisotopic (exact) mass is 320 g/mol. The number of halogens is 1. The molecule has 1 fully saturated rings. The summed E-state index contributed by atoms with van der Waals surface area (Å²) in [5, 5.41) is 8.59. The number of H-pyrrole nitrogens is 1. The molecule has 1 aliphatic carbocycles. The van der Waals surface area contributed by atoms with Crippen LogP contribution in [0.2, 0.25) is 0 Å². The molecule has 2 aromatic heterocycles. The summed E-state index contributed by atoms with van der Waals surface area (Å²) in [4.78, 5) is 11.9. The van der Waals surface area contributed by atoms with Gasteiger partial charge in [-0.25, -0.2) is 9.97 Å². The van der Waals surface area contributed by atoms with Gasteiger partial charge in [0.05, 0.1) is 6.20 Å². The predicted octanol–water partition coefficient (Wildman–Crippen LogP) is 4.06. The number of fused-ring (bicyclic) bond motifs is 1. The van der Waals surface area contributed by atoms with Gasteiger partial charge in [-0.3, -0.25) is 0 Å². The predicted molar refractivity (Wildman–Crippen MR) is 79.6 cm³/mol. The molecule has 3 rings (SSSR count). The van der Waals surface area contributed by atoms with Gasteiger partial charge in [-0.1, -0.05) is 26.2 Å². The van der Waals surface area contributed by atoms with Crippen LogP contribution in [0.3, 0.4) is 0 Å². The van der Waals surface area contributed by atoms with Crippen molar-refractivity contribution in [3.05, 3.63) is 22.6 Å². The topological polar surface area (TPSA) is 65.4 Å². The van der Waals surface area contributed by atoms with Crippen LogP contribution in [0.5, 0.6) is 0 Å². The van der Waals surface area contributed by atoms with Gasteiger partial charge in [-0.15, -0.1) is 0 Å². The zero-order chi connectivity index (χ0) is 13.5. The molecule has 1 aliphatic rings. The number of nitrogens with one attached hydrogen (secondary N) is 2. The minimum Gasteiger partial charge on any atom is -0.344 e. The molecule has 100 valence electrons. The Balaban J connectivity index is 2.04. The quantitative estimate of drug-likeness (QED) is 0.819. The van der Waals surface area contributed by atoms with E-state index in [1.807, 2.05) is 6.20 Å². The zero-order valence-corrected chi connectivity index (χ0v) is 12.5. The van der Waals surface area contributed by atoms with E-state index in [4.69, 9.17) is 5.41 Å². The minimum absolute atomic E-state index is 0.0165. The van der Waals surface area contributed by atoms with Crippen molar-refractivity contribution in [1.82, 2.24) is 15.0 Å². The summed E-state index contributed by atoms with van der Waals surface area (Å²) < 4.78 is 0.711. The highest BCUT2D eigenvalue weighted by Crippen LogP contribution is 2.39. The smallest absolute Gasteiger partial charge is 0.156 e. The van der Waals surface area contributed by atoms with Gasteiger partial charge in [0.15, 0.2) is 5.65 Å². The van der Waals surface area contributed by atoms with Crippen molar-refractivity contribution in [3.63, 3.8) is 0 Å². The number of hydrogen-bond donors (Lipinski definition) is 2. The standard InChI is InChI=1S/C14H17BrN4/c1-14(5-3-2-4-6-14)12(16)9-7-17-13-11(9)19-10(15)8-18-13/h7-8,16H,2-6H2,1H3,(H,17,18). The Morgan fingerprint density at radius 1 is 1.37 bits per heavy atom. The van der Waals surface area contributed by atoms with Crippen molar-refractivity contribution in [2.45, 2.75) is 39.0 Å². The molecular formula is C14H17BrN4. The maximum absolute atomic E-state index is 8.59. The molecule has 4 nitrogen and oxygen atoms in total. The summed E-state index contributed by atoms with van der Waals surface area (Å²) >= 11 is 3.35. The van der Waals surface area contributed by atoms with Crippen LogP contribution in [-0.4, -0.2) is 20.7 Å². The molecule has 0 saturated heterocycles. The molecule has 1 saturated carbocycles. The zero-order valence-electron chi connectivity index (χ0n) is 11.0. The second-order valence-corrected chi connectivity index (χ2v) is 6.40. The molecule has 19 heavy (non-hydrogen) atoms. The molecule has 0 unspecified atom stereocenters. The maximum atomic E-state index is 8.59.